The van der Waals surface area contributed by atoms with Gasteiger partial charge in [-0.2, -0.15) is 0 Å². The van der Waals surface area contributed by atoms with Crippen LogP contribution in [0.25, 0.3) is 11.1 Å². The molecule has 1 amide bonds. The number of hydrogen-bond acceptors (Lipinski definition) is 4. The van der Waals surface area contributed by atoms with E-state index in [1.807, 2.05) is 36.4 Å². The number of carbonyl (C=O) groups excluding carboxylic acids is 1. The molecule has 0 fully saturated rings. The predicted molar refractivity (Wildman–Crippen MR) is 116 cm³/mol. The van der Waals surface area contributed by atoms with Crippen LogP contribution in [0.5, 0.6) is 5.75 Å². The smallest absolute Gasteiger partial charge is 0.410 e. The number of carboxylic acids is 1. The van der Waals surface area contributed by atoms with Crippen molar-refractivity contribution in [2.45, 2.75) is 12.3 Å². The number of benzene rings is 3. The number of carboxylic acid groups (broad SMARTS) is 1. The number of rotatable bonds is 7. The number of nitrogens with zero attached hydrogens (tertiary/aromatic N) is 1. The minimum Gasteiger partial charge on any atom is -0.508 e. The van der Waals surface area contributed by atoms with Gasteiger partial charge in [0, 0.05) is 12.5 Å². The van der Waals surface area contributed by atoms with Crippen LogP contribution in [0.3, 0.4) is 0 Å². The summed E-state index contributed by atoms with van der Waals surface area (Å²) in [6.07, 6.45) is -0.194. The summed E-state index contributed by atoms with van der Waals surface area (Å²) >= 11 is 0. The lowest BCUT2D eigenvalue weighted by Crippen LogP contribution is -2.38. The third-order valence-electron chi connectivity index (χ3n) is 5.53. The van der Waals surface area contributed by atoms with Crippen LogP contribution in [-0.2, 0) is 16.0 Å². The first-order valence-corrected chi connectivity index (χ1v) is 10.1. The van der Waals surface area contributed by atoms with E-state index in [1.165, 1.54) is 4.90 Å². The number of amides is 1. The first-order chi connectivity index (χ1) is 15.0. The van der Waals surface area contributed by atoms with Gasteiger partial charge in [0.25, 0.3) is 0 Å². The lowest BCUT2D eigenvalue weighted by atomic mass is 9.98. The Morgan fingerprint density at radius 3 is 2.03 bits per heavy atom. The molecule has 0 radical (unpaired) electrons. The highest BCUT2D eigenvalue weighted by Gasteiger charge is 2.30. The largest absolute Gasteiger partial charge is 0.508 e. The van der Waals surface area contributed by atoms with E-state index in [0.717, 1.165) is 27.8 Å². The monoisotopic (exact) mass is 417 g/mol. The van der Waals surface area contributed by atoms with E-state index < -0.39 is 18.6 Å². The molecule has 31 heavy (non-hydrogen) atoms. The average molecular weight is 417 g/mol. The molecule has 0 saturated heterocycles. The van der Waals surface area contributed by atoms with Crippen molar-refractivity contribution in [2.24, 2.45) is 0 Å². The summed E-state index contributed by atoms with van der Waals surface area (Å²) in [5.74, 6) is -1.03. The van der Waals surface area contributed by atoms with Crippen molar-refractivity contribution < 1.29 is 24.5 Å². The number of carbonyl (C=O) groups is 2. The van der Waals surface area contributed by atoms with Crippen molar-refractivity contribution in [3.05, 3.63) is 89.5 Å². The Bertz CT molecular complexity index is 1050. The first kappa shape index (κ1) is 20.5. The van der Waals surface area contributed by atoms with Crippen molar-refractivity contribution in [2.75, 3.05) is 19.7 Å². The zero-order chi connectivity index (χ0) is 21.8. The molecule has 158 valence electrons. The zero-order valence-electron chi connectivity index (χ0n) is 16.9. The molecule has 1 aliphatic rings. The second kappa shape index (κ2) is 8.92. The van der Waals surface area contributed by atoms with E-state index in [-0.39, 0.29) is 24.8 Å². The molecule has 0 aliphatic heterocycles. The van der Waals surface area contributed by atoms with Crippen molar-refractivity contribution >= 4 is 12.1 Å². The average Bonchev–Trinajstić information content (AvgIpc) is 3.09. The third-order valence-corrected chi connectivity index (χ3v) is 5.53. The highest BCUT2D eigenvalue weighted by Crippen LogP contribution is 2.44. The zero-order valence-corrected chi connectivity index (χ0v) is 16.9. The number of phenolic OH excluding ortho intramolecular Hbond substituents is 1. The molecule has 0 saturated carbocycles. The summed E-state index contributed by atoms with van der Waals surface area (Å²) in [5.41, 5.74) is 5.36. The summed E-state index contributed by atoms with van der Waals surface area (Å²) in [5, 5.41) is 18.6. The number of phenols is 1. The Balaban J connectivity index is 1.45. The highest BCUT2D eigenvalue weighted by atomic mass is 16.6. The van der Waals surface area contributed by atoms with Gasteiger partial charge in [0.15, 0.2) is 0 Å². The maximum Gasteiger partial charge on any atom is 0.410 e. The molecule has 1 aliphatic carbocycles. The van der Waals surface area contributed by atoms with Crippen LogP contribution in [0.15, 0.2) is 72.8 Å². The fourth-order valence-electron chi connectivity index (χ4n) is 4.01. The summed E-state index contributed by atoms with van der Waals surface area (Å²) in [6, 6.07) is 22.7. The topological polar surface area (TPSA) is 87.1 Å². The lowest BCUT2D eigenvalue weighted by molar-refractivity contribution is -0.138. The van der Waals surface area contributed by atoms with Crippen molar-refractivity contribution in [3.63, 3.8) is 0 Å². The Morgan fingerprint density at radius 1 is 0.871 bits per heavy atom. The summed E-state index contributed by atoms with van der Waals surface area (Å²) in [7, 11) is 0. The molecular weight excluding hydrogens is 394 g/mol. The van der Waals surface area contributed by atoms with Crippen molar-refractivity contribution in [1.82, 2.24) is 4.90 Å². The van der Waals surface area contributed by atoms with Gasteiger partial charge in [-0.15, -0.1) is 0 Å². The maximum absolute atomic E-state index is 12.7. The molecule has 0 spiro atoms. The van der Waals surface area contributed by atoms with Crippen LogP contribution in [0.2, 0.25) is 0 Å². The van der Waals surface area contributed by atoms with Crippen LogP contribution in [0, 0.1) is 0 Å². The molecular formula is C25H23NO5. The van der Waals surface area contributed by atoms with Gasteiger partial charge in [-0.25, -0.2) is 4.79 Å². The predicted octanol–water partition coefficient (Wildman–Crippen LogP) is 4.27. The molecule has 0 bridgehead atoms. The van der Waals surface area contributed by atoms with Gasteiger partial charge in [-0.1, -0.05) is 60.7 Å². The van der Waals surface area contributed by atoms with E-state index in [9.17, 15) is 19.8 Å². The summed E-state index contributed by atoms with van der Waals surface area (Å²) < 4.78 is 5.59. The van der Waals surface area contributed by atoms with Gasteiger partial charge >= 0.3 is 12.1 Å². The standard InChI is InChI=1S/C25H23NO5/c27-18-11-9-17(10-12-18)13-14-26(15-24(28)29)25(30)31-16-23-21-7-3-1-5-19(21)20-6-2-4-8-22(20)23/h1-12,23,27H,13-16H2,(H,28,29). The number of hydrogen-bond donors (Lipinski definition) is 2. The molecule has 6 heteroatoms. The molecule has 0 unspecified atom stereocenters. The first-order valence-electron chi connectivity index (χ1n) is 10.1. The van der Waals surface area contributed by atoms with Gasteiger partial charge in [-0.3, -0.25) is 9.69 Å². The van der Waals surface area contributed by atoms with Gasteiger partial charge in [0.05, 0.1) is 0 Å². The fourth-order valence-corrected chi connectivity index (χ4v) is 4.01. The van der Waals surface area contributed by atoms with Gasteiger partial charge in [0.2, 0.25) is 0 Å². The number of fused-ring (bicyclic) bond motifs is 3. The summed E-state index contributed by atoms with van der Waals surface area (Å²) in [4.78, 5) is 25.2. The second-order valence-corrected chi connectivity index (χ2v) is 7.54. The van der Waals surface area contributed by atoms with Crippen LogP contribution < -0.4 is 0 Å². The highest BCUT2D eigenvalue weighted by molar-refractivity contribution is 5.79. The number of aliphatic carboxylic acids is 1. The molecule has 3 aromatic rings. The Hall–Kier alpha value is -3.80. The van der Waals surface area contributed by atoms with Crippen LogP contribution in [0.4, 0.5) is 4.79 Å². The maximum atomic E-state index is 12.7. The van der Waals surface area contributed by atoms with E-state index in [2.05, 4.69) is 12.1 Å². The van der Waals surface area contributed by atoms with Crippen LogP contribution in [0.1, 0.15) is 22.6 Å². The van der Waals surface area contributed by atoms with Gasteiger partial charge < -0.3 is 14.9 Å². The lowest BCUT2D eigenvalue weighted by Gasteiger charge is -2.22. The molecule has 3 aromatic carbocycles. The summed E-state index contributed by atoms with van der Waals surface area (Å²) in [6.45, 7) is -0.0926. The van der Waals surface area contributed by atoms with E-state index in [0.29, 0.717) is 6.42 Å². The second-order valence-electron chi connectivity index (χ2n) is 7.54. The molecule has 4 rings (SSSR count). The van der Waals surface area contributed by atoms with Crippen LogP contribution in [-0.4, -0.2) is 46.9 Å². The number of ether oxygens (including phenoxy) is 1. The SMILES string of the molecule is O=C(O)CN(CCc1ccc(O)cc1)C(=O)OCC1c2ccccc2-c2ccccc21. The molecule has 6 nitrogen and oxygen atoms in total. The normalized spacial score (nSPS) is 12.1. The van der Waals surface area contributed by atoms with E-state index in [1.54, 1.807) is 24.3 Å². The Morgan fingerprint density at radius 2 is 1.45 bits per heavy atom. The van der Waals surface area contributed by atoms with Crippen LogP contribution >= 0.6 is 0 Å². The Labute approximate surface area is 180 Å². The van der Waals surface area contributed by atoms with Gasteiger partial charge in [0.1, 0.15) is 18.9 Å². The quantitative estimate of drug-likeness (QED) is 0.600. The minimum atomic E-state index is -1.10. The molecule has 0 aromatic heterocycles. The minimum absolute atomic E-state index is 0.0832. The Kier molecular flexibility index (Phi) is 5.89. The fraction of sp³-hybridized carbons (Fsp3) is 0.200. The van der Waals surface area contributed by atoms with Crippen molar-refractivity contribution in [1.29, 1.82) is 0 Å². The van der Waals surface area contributed by atoms with E-state index in [4.69, 9.17) is 4.74 Å². The van der Waals surface area contributed by atoms with Gasteiger partial charge in [-0.05, 0) is 46.4 Å². The molecule has 0 atom stereocenters. The number of aromatic hydroxyl groups is 1. The third kappa shape index (κ3) is 4.53. The molecule has 2 N–H and O–H groups in total. The molecule has 0 heterocycles. The van der Waals surface area contributed by atoms with E-state index >= 15 is 0 Å². The van der Waals surface area contributed by atoms with Crippen molar-refractivity contribution in [3.8, 4) is 16.9 Å².